The number of carbonyl (C=O) groups excluding carboxylic acids is 1. The number of anilines is 1. The second-order valence-electron chi connectivity index (χ2n) is 7.68. The number of rotatable bonds is 7. The summed E-state index contributed by atoms with van der Waals surface area (Å²) in [7, 11) is 1.28. The van der Waals surface area contributed by atoms with Gasteiger partial charge in [-0.05, 0) is 44.1 Å². The Kier molecular flexibility index (Phi) is 7.51. The van der Waals surface area contributed by atoms with Gasteiger partial charge in [-0.25, -0.2) is 9.78 Å². The van der Waals surface area contributed by atoms with E-state index in [0.29, 0.717) is 42.3 Å². The Balaban J connectivity index is 2.43. The van der Waals surface area contributed by atoms with Crippen LogP contribution < -0.4 is 4.90 Å². The molecule has 0 radical (unpaired) electrons. The highest BCUT2D eigenvalue weighted by Crippen LogP contribution is 2.34. The molecule has 0 aromatic carbocycles. The maximum absolute atomic E-state index is 11.8. The molecule has 8 nitrogen and oxygen atoms in total. The highest BCUT2D eigenvalue weighted by atomic mass is 16.6. The van der Waals surface area contributed by atoms with E-state index in [9.17, 15) is 20.0 Å². The number of aromatic nitrogens is 1. The first-order valence-electron chi connectivity index (χ1n) is 9.58. The van der Waals surface area contributed by atoms with Crippen LogP contribution in [0.1, 0.15) is 52.0 Å². The number of nitro groups is 1. The number of allylic oxidation sites excluding steroid dienone is 1. The molecule has 0 spiro atoms. The molecule has 1 saturated carbocycles. The number of hydrogen-bond acceptors (Lipinski definition) is 7. The molecule has 2 rings (SSSR count). The number of carbonyl (C=O) groups is 1. The van der Waals surface area contributed by atoms with Gasteiger partial charge in [0.15, 0.2) is 0 Å². The van der Waals surface area contributed by atoms with Crippen molar-refractivity contribution in [1.82, 2.24) is 4.98 Å². The summed E-state index contributed by atoms with van der Waals surface area (Å²) in [6.07, 6.45) is 5.47. The fourth-order valence-electron chi connectivity index (χ4n) is 3.51. The van der Waals surface area contributed by atoms with Gasteiger partial charge in [0.25, 0.3) is 0 Å². The zero-order valence-corrected chi connectivity index (χ0v) is 16.9. The van der Waals surface area contributed by atoms with Gasteiger partial charge in [0.05, 0.1) is 18.1 Å². The van der Waals surface area contributed by atoms with Crippen molar-refractivity contribution >= 4 is 23.0 Å². The Hall–Kier alpha value is -2.48. The van der Waals surface area contributed by atoms with Crippen LogP contribution in [0.3, 0.4) is 0 Å². The number of ether oxygens (including phenoxy) is 1. The van der Waals surface area contributed by atoms with E-state index in [2.05, 4.69) is 23.6 Å². The van der Waals surface area contributed by atoms with Crippen LogP contribution in [0, 0.1) is 16.0 Å². The van der Waals surface area contributed by atoms with Crippen molar-refractivity contribution in [3.63, 3.8) is 0 Å². The molecule has 28 heavy (non-hydrogen) atoms. The minimum Gasteiger partial charge on any atom is -0.466 e. The molecule has 0 atom stereocenters. The molecule has 1 aliphatic rings. The zero-order valence-electron chi connectivity index (χ0n) is 16.9. The van der Waals surface area contributed by atoms with Crippen molar-refractivity contribution in [2.45, 2.75) is 58.6 Å². The van der Waals surface area contributed by atoms with Crippen LogP contribution in [-0.2, 0) is 9.53 Å². The quantitative estimate of drug-likeness (QED) is 0.329. The van der Waals surface area contributed by atoms with Gasteiger partial charge in [-0.1, -0.05) is 13.8 Å². The average molecular weight is 391 g/mol. The number of hydrogen-bond donors (Lipinski definition) is 1. The number of aliphatic hydroxyl groups is 1. The summed E-state index contributed by atoms with van der Waals surface area (Å²) in [6.45, 7) is 6.46. The molecule has 1 N–H and O–H groups in total. The number of nitrogens with zero attached hydrogens (tertiary/aromatic N) is 3. The molecule has 0 bridgehead atoms. The highest BCUT2D eigenvalue weighted by Gasteiger charge is 2.31. The summed E-state index contributed by atoms with van der Waals surface area (Å²) >= 11 is 0. The number of aliphatic hydroxyl groups excluding tert-OH is 1. The van der Waals surface area contributed by atoms with Crippen LogP contribution >= 0.6 is 0 Å². The minimum atomic E-state index is -0.522. The van der Waals surface area contributed by atoms with Crippen LogP contribution in [0.5, 0.6) is 0 Å². The van der Waals surface area contributed by atoms with Gasteiger partial charge >= 0.3 is 11.7 Å². The predicted molar refractivity (Wildman–Crippen MR) is 107 cm³/mol. The van der Waals surface area contributed by atoms with E-state index in [1.165, 1.54) is 19.3 Å². The molecule has 1 aromatic heterocycles. The molecule has 0 saturated heterocycles. The van der Waals surface area contributed by atoms with Crippen molar-refractivity contribution < 1.29 is 19.6 Å². The van der Waals surface area contributed by atoms with E-state index in [4.69, 9.17) is 0 Å². The molecular formula is C20H29N3O5. The Labute approximate surface area is 165 Å². The Morgan fingerprint density at radius 2 is 2.07 bits per heavy atom. The molecule has 1 aromatic rings. The Bertz CT molecular complexity index is 739. The lowest BCUT2D eigenvalue weighted by Crippen LogP contribution is -2.42. The second kappa shape index (κ2) is 9.64. The third kappa shape index (κ3) is 5.51. The van der Waals surface area contributed by atoms with Crippen molar-refractivity contribution in [2.75, 3.05) is 18.6 Å². The molecule has 8 heteroatoms. The Morgan fingerprint density at radius 3 is 2.61 bits per heavy atom. The number of pyridine rings is 1. The van der Waals surface area contributed by atoms with Gasteiger partial charge in [-0.2, -0.15) is 0 Å². The summed E-state index contributed by atoms with van der Waals surface area (Å²) in [5.74, 6) is 0.120. The third-order valence-electron chi connectivity index (χ3n) is 4.98. The highest BCUT2D eigenvalue weighted by molar-refractivity contribution is 5.91. The van der Waals surface area contributed by atoms with Crippen LogP contribution in [0.2, 0.25) is 0 Å². The predicted octanol–water partition coefficient (Wildman–Crippen LogP) is 3.33. The molecule has 154 valence electrons. The zero-order chi connectivity index (χ0) is 20.8. The van der Waals surface area contributed by atoms with E-state index < -0.39 is 10.9 Å². The average Bonchev–Trinajstić information content (AvgIpc) is 2.66. The topological polar surface area (TPSA) is 106 Å². The van der Waals surface area contributed by atoms with E-state index in [1.54, 1.807) is 13.1 Å². The fraction of sp³-hybridized carbons (Fsp3) is 0.600. The lowest BCUT2D eigenvalue weighted by Gasteiger charge is -2.37. The van der Waals surface area contributed by atoms with E-state index in [1.807, 2.05) is 4.90 Å². The second-order valence-corrected chi connectivity index (χ2v) is 7.68. The minimum absolute atomic E-state index is 0.0816. The van der Waals surface area contributed by atoms with Crippen LogP contribution in [0.4, 0.5) is 11.5 Å². The molecule has 0 amide bonds. The normalized spacial score (nSPS) is 20.1. The van der Waals surface area contributed by atoms with Gasteiger partial charge in [0.2, 0.25) is 5.82 Å². The van der Waals surface area contributed by atoms with Crippen LogP contribution in [-0.4, -0.2) is 46.8 Å². The largest absolute Gasteiger partial charge is 0.466 e. The Morgan fingerprint density at radius 1 is 1.43 bits per heavy atom. The van der Waals surface area contributed by atoms with Gasteiger partial charge in [-0.3, -0.25) is 10.1 Å². The lowest BCUT2D eigenvalue weighted by atomic mass is 9.91. The summed E-state index contributed by atoms with van der Waals surface area (Å²) in [5, 5.41) is 21.6. The SMILES string of the molecule is COC(=O)/C=C(\C)c1cnc(N(CC(C)C)C2CCC(O)CC2)c([N+](=O)[O-])c1. The van der Waals surface area contributed by atoms with Crippen molar-refractivity contribution in [3.05, 3.63) is 34.0 Å². The first kappa shape index (κ1) is 21.8. The van der Waals surface area contributed by atoms with E-state index >= 15 is 0 Å². The molecule has 1 fully saturated rings. The molecule has 1 heterocycles. The van der Waals surface area contributed by atoms with Gasteiger partial charge in [0.1, 0.15) is 0 Å². The van der Waals surface area contributed by atoms with Crippen molar-refractivity contribution in [1.29, 1.82) is 0 Å². The van der Waals surface area contributed by atoms with Crippen LogP contribution in [0.15, 0.2) is 18.3 Å². The van der Waals surface area contributed by atoms with Gasteiger partial charge in [0, 0.05) is 36.5 Å². The standard InChI is InChI=1S/C20H29N3O5/c1-13(2)12-22(16-5-7-17(24)8-6-16)20-18(23(26)27)10-15(11-21-20)14(3)9-19(25)28-4/h9-11,13,16-17,24H,5-8,12H2,1-4H3/b14-9+. The first-order valence-corrected chi connectivity index (χ1v) is 9.58. The first-order chi connectivity index (χ1) is 13.2. The summed E-state index contributed by atoms with van der Waals surface area (Å²) in [6, 6.07) is 1.57. The summed E-state index contributed by atoms with van der Waals surface area (Å²) < 4.78 is 4.62. The number of esters is 1. The van der Waals surface area contributed by atoms with E-state index in [-0.39, 0.29) is 17.8 Å². The van der Waals surface area contributed by atoms with Gasteiger partial charge < -0.3 is 14.7 Å². The molecule has 0 aliphatic heterocycles. The lowest BCUT2D eigenvalue weighted by molar-refractivity contribution is -0.384. The van der Waals surface area contributed by atoms with Crippen molar-refractivity contribution in [2.24, 2.45) is 5.92 Å². The summed E-state index contributed by atoms with van der Waals surface area (Å²) in [4.78, 5) is 29.3. The third-order valence-corrected chi connectivity index (χ3v) is 4.98. The van der Waals surface area contributed by atoms with Gasteiger partial charge in [-0.15, -0.1) is 0 Å². The fourth-order valence-corrected chi connectivity index (χ4v) is 3.51. The molecule has 1 aliphatic carbocycles. The van der Waals surface area contributed by atoms with E-state index in [0.717, 1.165) is 12.8 Å². The smallest absolute Gasteiger partial charge is 0.330 e. The molecular weight excluding hydrogens is 362 g/mol. The summed E-state index contributed by atoms with van der Waals surface area (Å²) in [5.41, 5.74) is 0.969. The monoisotopic (exact) mass is 391 g/mol. The maximum Gasteiger partial charge on any atom is 0.330 e. The number of methoxy groups -OCH3 is 1. The van der Waals surface area contributed by atoms with Crippen molar-refractivity contribution in [3.8, 4) is 0 Å². The maximum atomic E-state index is 11.8. The molecule has 0 unspecified atom stereocenters. The van der Waals surface area contributed by atoms with Crippen LogP contribution in [0.25, 0.3) is 5.57 Å².